The highest BCUT2D eigenvalue weighted by Gasteiger charge is 2.12. The molecule has 0 bridgehead atoms. The van der Waals surface area contributed by atoms with Gasteiger partial charge < -0.3 is 15.4 Å². The fourth-order valence-corrected chi connectivity index (χ4v) is 2.32. The quantitative estimate of drug-likeness (QED) is 0.844. The maximum Gasteiger partial charge on any atom is 0.247 e. The molecule has 1 aliphatic carbocycles. The van der Waals surface area contributed by atoms with Crippen molar-refractivity contribution in [2.24, 2.45) is 0 Å². The van der Waals surface area contributed by atoms with Crippen LogP contribution in [0, 0.1) is 0 Å². The predicted octanol–water partition coefficient (Wildman–Crippen LogP) is 1.93. The van der Waals surface area contributed by atoms with Crippen molar-refractivity contribution < 1.29 is 14.3 Å². The number of ether oxygens (including phenoxy) is 1. The zero-order valence-electron chi connectivity index (χ0n) is 12.9. The fraction of sp³-hybridized carbons (Fsp3) is 0.412. The average Bonchev–Trinajstić information content (AvgIpc) is 2.59. The highest BCUT2D eigenvalue weighted by molar-refractivity contribution is 5.95. The molecule has 0 heterocycles. The first-order valence-electron chi connectivity index (χ1n) is 7.56. The van der Waals surface area contributed by atoms with Gasteiger partial charge in [0.05, 0.1) is 13.7 Å². The Morgan fingerprint density at radius 1 is 1.14 bits per heavy atom. The molecule has 0 unspecified atom stereocenters. The Labute approximate surface area is 130 Å². The van der Waals surface area contributed by atoms with E-state index >= 15 is 0 Å². The van der Waals surface area contributed by atoms with Crippen molar-refractivity contribution in [2.75, 3.05) is 13.7 Å². The van der Waals surface area contributed by atoms with Gasteiger partial charge in [-0.05, 0) is 43.4 Å². The second-order valence-electron chi connectivity index (χ2n) is 5.28. The maximum absolute atomic E-state index is 11.9. The summed E-state index contributed by atoms with van der Waals surface area (Å²) in [5.74, 6) is 0.461. The van der Waals surface area contributed by atoms with E-state index in [4.69, 9.17) is 4.74 Å². The average molecular weight is 302 g/mol. The van der Waals surface area contributed by atoms with Gasteiger partial charge in [0.15, 0.2) is 0 Å². The van der Waals surface area contributed by atoms with Crippen LogP contribution in [0.15, 0.2) is 35.9 Å². The van der Waals surface area contributed by atoms with Gasteiger partial charge >= 0.3 is 0 Å². The first-order chi connectivity index (χ1) is 10.7. The molecule has 0 atom stereocenters. The number of benzene rings is 1. The van der Waals surface area contributed by atoms with Gasteiger partial charge in [-0.3, -0.25) is 9.59 Å². The Morgan fingerprint density at radius 2 is 1.91 bits per heavy atom. The Balaban J connectivity index is 1.71. The summed E-state index contributed by atoms with van der Waals surface area (Å²) in [4.78, 5) is 23.6. The number of hydrogen-bond donors (Lipinski definition) is 2. The molecule has 0 aliphatic heterocycles. The molecule has 0 radical (unpaired) electrons. The predicted molar refractivity (Wildman–Crippen MR) is 84.4 cm³/mol. The summed E-state index contributed by atoms with van der Waals surface area (Å²) in [5.41, 5.74) is 1.78. The van der Waals surface area contributed by atoms with Crippen molar-refractivity contribution in [3.8, 4) is 5.75 Å². The lowest BCUT2D eigenvalue weighted by atomic mass is 9.99. The molecule has 1 aromatic carbocycles. The van der Waals surface area contributed by atoms with E-state index in [0.29, 0.717) is 6.54 Å². The smallest absolute Gasteiger partial charge is 0.247 e. The minimum atomic E-state index is -0.194. The third kappa shape index (κ3) is 4.91. The molecule has 2 amide bonds. The Hall–Kier alpha value is -2.30. The summed E-state index contributed by atoms with van der Waals surface area (Å²) in [5, 5.41) is 5.45. The highest BCUT2D eigenvalue weighted by Crippen LogP contribution is 2.17. The van der Waals surface area contributed by atoms with Gasteiger partial charge in [0, 0.05) is 12.1 Å². The molecular formula is C17H22N2O3. The number of methoxy groups -OCH3 is 1. The number of carbonyl (C=O) groups excluding carboxylic acids is 2. The SMILES string of the molecule is COc1ccc(CNC(=O)CNC(=O)C2=CCCCC2)cc1. The molecule has 1 aliphatic rings. The summed E-state index contributed by atoms with van der Waals surface area (Å²) >= 11 is 0. The van der Waals surface area contributed by atoms with E-state index in [9.17, 15) is 9.59 Å². The van der Waals surface area contributed by atoms with E-state index in [2.05, 4.69) is 10.6 Å². The van der Waals surface area contributed by atoms with E-state index < -0.39 is 0 Å². The molecule has 118 valence electrons. The molecule has 5 nitrogen and oxygen atoms in total. The van der Waals surface area contributed by atoms with Crippen LogP contribution >= 0.6 is 0 Å². The first kappa shape index (κ1) is 16.1. The second-order valence-corrected chi connectivity index (χ2v) is 5.28. The van der Waals surface area contributed by atoms with Crippen molar-refractivity contribution in [1.29, 1.82) is 0 Å². The minimum absolute atomic E-state index is 0.00628. The van der Waals surface area contributed by atoms with Gasteiger partial charge in [-0.15, -0.1) is 0 Å². The molecule has 1 aromatic rings. The van der Waals surface area contributed by atoms with Crippen molar-refractivity contribution >= 4 is 11.8 Å². The number of rotatable bonds is 6. The summed E-state index contributed by atoms with van der Waals surface area (Å²) in [6, 6.07) is 7.48. The highest BCUT2D eigenvalue weighted by atomic mass is 16.5. The van der Waals surface area contributed by atoms with Gasteiger partial charge in [-0.1, -0.05) is 18.2 Å². The molecule has 2 N–H and O–H groups in total. The monoisotopic (exact) mass is 302 g/mol. The molecule has 2 rings (SSSR count). The van der Waals surface area contributed by atoms with E-state index in [0.717, 1.165) is 42.6 Å². The van der Waals surface area contributed by atoms with E-state index in [1.54, 1.807) is 7.11 Å². The third-order valence-electron chi connectivity index (χ3n) is 3.64. The molecule has 0 saturated carbocycles. The standard InChI is InChI=1S/C17H22N2O3/c1-22-15-9-7-13(8-10-15)11-18-16(20)12-19-17(21)14-5-3-2-4-6-14/h5,7-10H,2-4,6,11-12H2,1H3,(H,18,20)(H,19,21). The van der Waals surface area contributed by atoms with Gasteiger partial charge in [0.1, 0.15) is 5.75 Å². The van der Waals surface area contributed by atoms with Gasteiger partial charge in [-0.25, -0.2) is 0 Å². The molecule has 22 heavy (non-hydrogen) atoms. The molecule has 0 saturated heterocycles. The number of amides is 2. The largest absolute Gasteiger partial charge is 0.497 e. The Bertz CT molecular complexity index is 550. The van der Waals surface area contributed by atoms with Crippen LogP contribution in [-0.2, 0) is 16.1 Å². The summed E-state index contributed by atoms with van der Waals surface area (Å²) in [6.45, 7) is 0.438. The lowest BCUT2D eigenvalue weighted by molar-refractivity contribution is -0.124. The lowest BCUT2D eigenvalue weighted by Gasteiger charge is -2.12. The van der Waals surface area contributed by atoms with Crippen LogP contribution in [0.25, 0.3) is 0 Å². The van der Waals surface area contributed by atoms with Crippen LogP contribution in [0.4, 0.5) is 0 Å². The summed E-state index contributed by atoms with van der Waals surface area (Å²) < 4.78 is 5.08. The number of carbonyl (C=O) groups is 2. The lowest BCUT2D eigenvalue weighted by Crippen LogP contribution is -2.37. The Kier molecular flexibility index (Phi) is 6.01. The molecule has 0 aromatic heterocycles. The Morgan fingerprint density at radius 3 is 2.55 bits per heavy atom. The molecule has 0 fully saturated rings. The van der Waals surface area contributed by atoms with Crippen molar-refractivity contribution in [1.82, 2.24) is 10.6 Å². The summed E-state index contributed by atoms with van der Waals surface area (Å²) in [7, 11) is 1.61. The maximum atomic E-state index is 11.9. The van der Waals surface area contributed by atoms with Crippen LogP contribution in [0.1, 0.15) is 31.2 Å². The van der Waals surface area contributed by atoms with Crippen LogP contribution in [0.3, 0.4) is 0 Å². The molecular weight excluding hydrogens is 280 g/mol. The van der Waals surface area contributed by atoms with Gasteiger partial charge in [0.25, 0.3) is 0 Å². The van der Waals surface area contributed by atoms with E-state index in [1.807, 2.05) is 30.3 Å². The van der Waals surface area contributed by atoms with Crippen molar-refractivity contribution in [2.45, 2.75) is 32.2 Å². The third-order valence-corrected chi connectivity index (χ3v) is 3.64. The first-order valence-corrected chi connectivity index (χ1v) is 7.56. The zero-order chi connectivity index (χ0) is 15.8. The van der Waals surface area contributed by atoms with Crippen molar-refractivity contribution in [3.05, 3.63) is 41.5 Å². The van der Waals surface area contributed by atoms with Gasteiger partial charge in [0.2, 0.25) is 11.8 Å². The number of nitrogens with one attached hydrogen (secondary N) is 2. The number of allylic oxidation sites excluding steroid dienone is 1. The minimum Gasteiger partial charge on any atom is -0.497 e. The van der Waals surface area contributed by atoms with E-state index in [1.165, 1.54) is 0 Å². The fourth-order valence-electron chi connectivity index (χ4n) is 2.32. The zero-order valence-corrected chi connectivity index (χ0v) is 12.9. The van der Waals surface area contributed by atoms with Gasteiger partial charge in [-0.2, -0.15) is 0 Å². The molecule has 0 spiro atoms. The number of hydrogen-bond acceptors (Lipinski definition) is 3. The summed E-state index contributed by atoms with van der Waals surface area (Å²) in [6.07, 6.45) is 5.90. The molecule has 5 heteroatoms. The van der Waals surface area contributed by atoms with E-state index in [-0.39, 0.29) is 18.4 Å². The van der Waals surface area contributed by atoms with Crippen LogP contribution in [-0.4, -0.2) is 25.5 Å². The second kappa shape index (κ2) is 8.22. The normalized spacial score (nSPS) is 14.0. The van der Waals surface area contributed by atoms with Crippen molar-refractivity contribution in [3.63, 3.8) is 0 Å². The van der Waals surface area contributed by atoms with Crippen LogP contribution in [0.5, 0.6) is 5.75 Å². The topological polar surface area (TPSA) is 67.4 Å². The van der Waals surface area contributed by atoms with Crippen LogP contribution < -0.4 is 15.4 Å². The van der Waals surface area contributed by atoms with Crippen LogP contribution in [0.2, 0.25) is 0 Å².